The van der Waals surface area contributed by atoms with Gasteiger partial charge >= 0.3 is 0 Å². The van der Waals surface area contributed by atoms with Crippen molar-refractivity contribution in [3.05, 3.63) is 18.0 Å². The van der Waals surface area contributed by atoms with Gasteiger partial charge in [-0.2, -0.15) is 5.10 Å². The molecule has 1 heterocycles. The van der Waals surface area contributed by atoms with E-state index in [1.165, 1.54) is 44.2 Å². The molecule has 1 aliphatic carbocycles. The third-order valence-electron chi connectivity index (χ3n) is 3.12. The molecule has 0 N–H and O–H groups in total. The van der Waals surface area contributed by atoms with Crippen LogP contribution in [0.4, 0.5) is 0 Å². The van der Waals surface area contributed by atoms with E-state index in [1.54, 1.807) is 0 Å². The molecule has 1 fully saturated rings. The molecule has 0 unspecified atom stereocenters. The minimum atomic E-state index is 0.689. The lowest BCUT2D eigenvalue weighted by Crippen LogP contribution is -2.13. The molecular weight excluding hydrogens is 172 g/mol. The summed E-state index contributed by atoms with van der Waals surface area (Å²) in [7, 11) is 0. The molecule has 1 saturated carbocycles. The number of hydrogen-bond donors (Lipinski definition) is 0. The van der Waals surface area contributed by atoms with Gasteiger partial charge in [-0.3, -0.25) is 4.68 Å². The van der Waals surface area contributed by atoms with E-state index in [-0.39, 0.29) is 0 Å². The first kappa shape index (κ1) is 9.75. The molecule has 0 aromatic carbocycles. The quantitative estimate of drug-likeness (QED) is 0.718. The first-order valence-electron chi connectivity index (χ1n) is 5.94. The predicted octanol–water partition coefficient (Wildman–Crippen LogP) is 3.34. The molecule has 2 nitrogen and oxygen atoms in total. The smallest absolute Gasteiger partial charge is 0.0624 e. The minimum Gasteiger partial charge on any atom is -0.269 e. The topological polar surface area (TPSA) is 17.8 Å². The molecule has 2 rings (SSSR count). The van der Waals surface area contributed by atoms with Gasteiger partial charge in [0.2, 0.25) is 0 Å². The number of aryl methyl sites for hydroxylation is 1. The Bertz CT molecular complexity index is 272. The molecule has 1 aliphatic rings. The molecule has 14 heavy (non-hydrogen) atoms. The van der Waals surface area contributed by atoms with E-state index < -0.39 is 0 Å². The summed E-state index contributed by atoms with van der Waals surface area (Å²) in [5.41, 5.74) is 1.26. The molecule has 0 aliphatic heterocycles. The summed E-state index contributed by atoms with van der Waals surface area (Å²) in [5.74, 6) is 0. The van der Waals surface area contributed by atoms with E-state index >= 15 is 0 Å². The monoisotopic (exact) mass is 192 g/mol. The van der Waals surface area contributed by atoms with Crippen LogP contribution in [0.5, 0.6) is 0 Å². The van der Waals surface area contributed by atoms with Gasteiger partial charge in [0.1, 0.15) is 0 Å². The van der Waals surface area contributed by atoms with Gasteiger partial charge in [0.25, 0.3) is 0 Å². The Hall–Kier alpha value is -0.790. The lowest BCUT2D eigenvalue weighted by Gasteiger charge is -2.21. The van der Waals surface area contributed by atoms with Crippen LogP contribution in [0.1, 0.15) is 57.2 Å². The van der Waals surface area contributed by atoms with Gasteiger partial charge in [-0.1, -0.05) is 32.6 Å². The van der Waals surface area contributed by atoms with Crippen molar-refractivity contribution in [3.8, 4) is 0 Å². The van der Waals surface area contributed by atoms with Crippen LogP contribution in [0.15, 0.2) is 12.3 Å². The summed E-state index contributed by atoms with van der Waals surface area (Å²) in [6.07, 6.45) is 11.3. The minimum absolute atomic E-state index is 0.689. The predicted molar refractivity (Wildman–Crippen MR) is 58.3 cm³/mol. The van der Waals surface area contributed by atoms with Crippen LogP contribution in [-0.2, 0) is 6.42 Å². The third-order valence-corrected chi connectivity index (χ3v) is 3.12. The normalized spacial score (nSPS) is 18.6. The summed E-state index contributed by atoms with van der Waals surface area (Å²) >= 11 is 0. The molecular formula is C12H20N2. The van der Waals surface area contributed by atoms with Gasteiger partial charge in [0.05, 0.1) is 11.7 Å². The second-order valence-electron chi connectivity index (χ2n) is 4.33. The lowest BCUT2D eigenvalue weighted by atomic mass is 9.96. The van der Waals surface area contributed by atoms with Gasteiger partial charge in [-0.25, -0.2) is 0 Å². The first-order valence-corrected chi connectivity index (χ1v) is 5.94. The van der Waals surface area contributed by atoms with Gasteiger partial charge in [0.15, 0.2) is 0 Å². The van der Waals surface area contributed by atoms with Crippen LogP contribution < -0.4 is 0 Å². The number of aromatic nitrogens is 2. The summed E-state index contributed by atoms with van der Waals surface area (Å²) in [6, 6.07) is 2.87. The van der Waals surface area contributed by atoms with Gasteiger partial charge < -0.3 is 0 Å². The molecule has 0 radical (unpaired) electrons. The van der Waals surface area contributed by atoms with Crippen LogP contribution in [0, 0.1) is 0 Å². The maximum Gasteiger partial charge on any atom is 0.0624 e. The van der Waals surface area contributed by atoms with E-state index in [2.05, 4.69) is 29.0 Å². The number of rotatable bonds is 3. The number of hydrogen-bond acceptors (Lipinski definition) is 1. The van der Waals surface area contributed by atoms with Crippen LogP contribution in [0.3, 0.4) is 0 Å². The largest absolute Gasteiger partial charge is 0.269 e. The Labute approximate surface area is 86.3 Å². The van der Waals surface area contributed by atoms with Crippen LogP contribution in [0.2, 0.25) is 0 Å². The van der Waals surface area contributed by atoms with E-state index in [4.69, 9.17) is 0 Å². The highest BCUT2D eigenvalue weighted by atomic mass is 15.3. The molecule has 0 amide bonds. The molecule has 0 saturated heterocycles. The average Bonchev–Trinajstić information content (AvgIpc) is 2.68. The van der Waals surface area contributed by atoms with E-state index in [0.29, 0.717) is 6.04 Å². The molecule has 1 aromatic heterocycles. The standard InChI is InChI=1S/C12H20N2/c1-2-6-11-9-10-14(13-11)12-7-4-3-5-8-12/h9-10,12H,2-8H2,1H3. The molecule has 2 heteroatoms. The zero-order chi connectivity index (χ0) is 9.80. The maximum absolute atomic E-state index is 4.64. The first-order chi connectivity index (χ1) is 6.90. The van der Waals surface area contributed by atoms with Gasteiger partial charge in [0, 0.05) is 6.20 Å². The molecule has 0 bridgehead atoms. The number of nitrogens with zero attached hydrogens (tertiary/aromatic N) is 2. The SMILES string of the molecule is CCCc1ccn(C2CCCCC2)n1. The van der Waals surface area contributed by atoms with Crippen LogP contribution >= 0.6 is 0 Å². The van der Waals surface area contributed by atoms with Crippen LogP contribution in [0.25, 0.3) is 0 Å². The average molecular weight is 192 g/mol. The summed E-state index contributed by atoms with van der Waals surface area (Å²) in [6.45, 7) is 2.21. The molecule has 78 valence electrons. The van der Waals surface area contributed by atoms with Crippen molar-refractivity contribution in [2.24, 2.45) is 0 Å². The highest BCUT2D eigenvalue weighted by molar-refractivity contribution is 4.99. The fourth-order valence-electron chi connectivity index (χ4n) is 2.32. The highest BCUT2D eigenvalue weighted by Gasteiger charge is 2.15. The van der Waals surface area contributed by atoms with E-state index in [1.807, 2.05) is 0 Å². The van der Waals surface area contributed by atoms with Gasteiger partial charge in [-0.15, -0.1) is 0 Å². The Morgan fingerprint density at radius 2 is 2.14 bits per heavy atom. The van der Waals surface area contributed by atoms with Crippen molar-refractivity contribution >= 4 is 0 Å². The van der Waals surface area contributed by atoms with Crippen molar-refractivity contribution in [2.45, 2.75) is 57.9 Å². The zero-order valence-electron chi connectivity index (χ0n) is 9.08. The Morgan fingerprint density at radius 3 is 2.86 bits per heavy atom. The van der Waals surface area contributed by atoms with Crippen molar-refractivity contribution in [1.29, 1.82) is 0 Å². The highest BCUT2D eigenvalue weighted by Crippen LogP contribution is 2.27. The van der Waals surface area contributed by atoms with Crippen molar-refractivity contribution in [2.75, 3.05) is 0 Å². The zero-order valence-corrected chi connectivity index (χ0v) is 9.08. The maximum atomic E-state index is 4.64. The second-order valence-corrected chi connectivity index (χ2v) is 4.33. The fraction of sp³-hybridized carbons (Fsp3) is 0.750. The Kier molecular flexibility index (Phi) is 3.22. The van der Waals surface area contributed by atoms with Crippen LogP contribution in [-0.4, -0.2) is 9.78 Å². The fourth-order valence-corrected chi connectivity index (χ4v) is 2.32. The second kappa shape index (κ2) is 4.63. The molecule has 0 spiro atoms. The van der Waals surface area contributed by atoms with E-state index in [0.717, 1.165) is 6.42 Å². The van der Waals surface area contributed by atoms with Gasteiger partial charge in [-0.05, 0) is 25.3 Å². The Morgan fingerprint density at radius 1 is 1.36 bits per heavy atom. The molecule has 1 aromatic rings. The summed E-state index contributed by atoms with van der Waals surface area (Å²) in [4.78, 5) is 0. The summed E-state index contributed by atoms with van der Waals surface area (Å²) in [5, 5.41) is 4.64. The van der Waals surface area contributed by atoms with E-state index in [9.17, 15) is 0 Å². The lowest BCUT2D eigenvalue weighted by molar-refractivity contribution is 0.328. The van der Waals surface area contributed by atoms with Crippen molar-refractivity contribution in [1.82, 2.24) is 9.78 Å². The summed E-state index contributed by atoms with van der Waals surface area (Å²) < 4.78 is 2.20. The third kappa shape index (κ3) is 2.17. The Balaban J connectivity index is 2.00. The van der Waals surface area contributed by atoms with Crippen molar-refractivity contribution < 1.29 is 0 Å². The van der Waals surface area contributed by atoms with Crippen molar-refractivity contribution in [3.63, 3.8) is 0 Å². The molecule has 0 atom stereocenters.